The SMILES string of the molecule is CC[C@H](C)[C@H](NC(=O)CNS(=O)(=O)CCCOC)C(=O)O. The van der Waals surface area contributed by atoms with Gasteiger partial charge in [-0.3, -0.25) is 4.79 Å². The number of ether oxygens (including phenoxy) is 1. The normalized spacial score (nSPS) is 14.4. The first-order chi connectivity index (χ1) is 9.73. The lowest BCUT2D eigenvalue weighted by molar-refractivity contribution is -0.143. The number of aliphatic carboxylic acids is 1. The molecule has 1 amide bonds. The highest BCUT2D eigenvalue weighted by Crippen LogP contribution is 2.07. The van der Waals surface area contributed by atoms with E-state index in [1.807, 2.05) is 6.92 Å². The largest absolute Gasteiger partial charge is 0.480 e. The minimum absolute atomic E-state index is 0.151. The Labute approximate surface area is 125 Å². The van der Waals surface area contributed by atoms with E-state index >= 15 is 0 Å². The average Bonchev–Trinajstić information content (AvgIpc) is 2.41. The molecule has 0 radical (unpaired) electrons. The Bertz CT molecular complexity index is 437. The van der Waals surface area contributed by atoms with Gasteiger partial charge in [-0.15, -0.1) is 0 Å². The van der Waals surface area contributed by atoms with Gasteiger partial charge in [0.1, 0.15) is 6.04 Å². The molecular formula is C12H24N2O6S. The molecule has 0 bridgehead atoms. The maximum atomic E-state index is 11.6. The standard InChI is InChI=1S/C12H24N2O6S/c1-4-9(2)11(12(16)17)14-10(15)8-13-21(18,19)7-5-6-20-3/h9,11,13H,4-8H2,1-3H3,(H,14,15)(H,16,17)/t9-,11-/m0/s1. The number of carboxylic acids is 1. The predicted octanol–water partition coefficient (Wildman–Crippen LogP) is -0.442. The molecule has 0 fully saturated rings. The summed E-state index contributed by atoms with van der Waals surface area (Å²) in [4.78, 5) is 22.7. The number of rotatable bonds is 11. The van der Waals surface area contributed by atoms with E-state index in [0.717, 1.165) is 0 Å². The van der Waals surface area contributed by atoms with E-state index in [1.54, 1.807) is 6.92 Å². The Morgan fingerprint density at radius 1 is 1.33 bits per heavy atom. The molecule has 8 nitrogen and oxygen atoms in total. The van der Waals surface area contributed by atoms with Gasteiger partial charge >= 0.3 is 5.97 Å². The molecule has 0 aliphatic carbocycles. The molecule has 0 aromatic rings. The fourth-order valence-electron chi connectivity index (χ4n) is 1.55. The number of carbonyl (C=O) groups excluding carboxylic acids is 1. The van der Waals surface area contributed by atoms with E-state index in [2.05, 4.69) is 10.0 Å². The van der Waals surface area contributed by atoms with Crippen LogP contribution in [0.4, 0.5) is 0 Å². The first-order valence-corrected chi connectivity index (χ1v) is 8.37. The van der Waals surface area contributed by atoms with Gasteiger partial charge in [-0.1, -0.05) is 20.3 Å². The highest BCUT2D eigenvalue weighted by Gasteiger charge is 2.25. The van der Waals surface area contributed by atoms with Gasteiger partial charge in [-0.25, -0.2) is 17.9 Å². The second-order valence-corrected chi connectivity index (χ2v) is 6.68. The van der Waals surface area contributed by atoms with Crippen molar-refractivity contribution in [2.75, 3.05) is 26.0 Å². The number of hydrogen-bond acceptors (Lipinski definition) is 5. The third kappa shape index (κ3) is 8.64. The second kappa shape index (κ2) is 9.69. The number of nitrogens with one attached hydrogen (secondary N) is 2. The smallest absolute Gasteiger partial charge is 0.326 e. The molecule has 2 atom stereocenters. The first kappa shape index (κ1) is 19.8. The summed E-state index contributed by atoms with van der Waals surface area (Å²) < 4.78 is 30.0. The second-order valence-electron chi connectivity index (χ2n) is 4.76. The molecule has 0 aromatic carbocycles. The zero-order valence-electron chi connectivity index (χ0n) is 12.6. The summed E-state index contributed by atoms with van der Waals surface area (Å²) in [5, 5.41) is 11.3. The third-order valence-corrected chi connectivity index (χ3v) is 4.42. The van der Waals surface area contributed by atoms with Crippen LogP contribution >= 0.6 is 0 Å². The van der Waals surface area contributed by atoms with Crippen LogP contribution in [0.3, 0.4) is 0 Å². The van der Waals surface area contributed by atoms with Gasteiger partial charge in [0.2, 0.25) is 15.9 Å². The van der Waals surface area contributed by atoms with Crippen molar-refractivity contribution in [3.05, 3.63) is 0 Å². The molecule has 0 rings (SSSR count). The van der Waals surface area contributed by atoms with Crippen molar-refractivity contribution in [3.63, 3.8) is 0 Å². The van der Waals surface area contributed by atoms with E-state index in [4.69, 9.17) is 9.84 Å². The number of amides is 1. The van der Waals surface area contributed by atoms with E-state index in [0.29, 0.717) is 19.4 Å². The summed E-state index contributed by atoms with van der Waals surface area (Å²) in [7, 11) is -2.10. The third-order valence-electron chi connectivity index (χ3n) is 3.01. The molecule has 0 spiro atoms. The van der Waals surface area contributed by atoms with Gasteiger partial charge in [0.15, 0.2) is 0 Å². The molecule has 124 valence electrons. The van der Waals surface area contributed by atoms with Crippen molar-refractivity contribution in [1.29, 1.82) is 0 Å². The molecule has 21 heavy (non-hydrogen) atoms. The molecule has 0 saturated carbocycles. The summed E-state index contributed by atoms with van der Waals surface area (Å²) in [6.45, 7) is 3.34. The van der Waals surface area contributed by atoms with Crippen LogP contribution in [0.1, 0.15) is 26.7 Å². The van der Waals surface area contributed by atoms with Gasteiger partial charge in [-0.2, -0.15) is 0 Å². The topological polar surface area (TPSA) is 122 Å². The van der Waals surface area contributed by atoms with Crippen molar-refractivity contribution in [1.82, 2.24) is 10.0 Å². The number of sulfonamides is 1. The van der Waals surface area contributed by atoms with Crippen LogP contribution in [0.15, 0.2) is 0 Å². The summed E-state index contributed by atoms with van der Waals surface area (Å²) in [5.74, 6) is -2.20. The highest BCUT2D eigenvalue weighted by atomic mass is 32.2. The predicted molar refractivity (Wildman–Crippen MR) is 77.3 cm³/mol. The number of methoxy groups -OCH3 is 1. The summed E-state index contributed by atoms with van der Waals surface area (Å²) >= 11 is 0. The van der Waals surface area contributed by atoms with Gasteiger partial charge in [0.25, 0.3) is 0 Å². The molecule has 0 aliphatic heterocycles. The summed E-state index contributed by atoms with van der Waals surface area (Å²) in [6.07, 6.45) is 0.901. The molecule has 0 saturated heterocycles. The van der Waals surface area contributed by atoms with E-state index in [9.17, 15) is 18.0 Å². The van der Waals surface area contributed by atoms with Crippen LogP contribution in [-0.4, -0.2) is 57.5 Å². The first-order valence-electron chi connectivity index (χ1n) is 6.72. The van der Waals surface area contributed by atoms with Crippen molar-refractivity contribution in [2.24, 2.45) is 5.92 Å². The van der Waals surface area contributed by atoms with E-state index in [-0.39, 0.29) is 11.7 Å². The molecule has 0 aliphatic rings. The Balaban J connectivity index is 4.33. The minimum atomic E-state index is -3.57. The van der Waals surface area contributed by atoms with Crippen molar-refractivity contribution < 1.29 is 27.9 Å². The monoisotopic (exact) mass is 324 g/mol. The van der Waals surface area contributed by atoms with Crippen LogP contribution in [0.25, 0.3) is 0 Å². The maximum absolute atomic E-state index is 11.6. The molecule has 3 N–H and O–H groups in total. The summed E-state index contributed by atoms with van der Waals surface area (Å²) in [5.41, 5.74) is 0. The Morgan fingerprint density at radius 3 is 2.43 bits per heavy atom. The van der Waals surface area contributed by atoms with Crippen molar-refractivity contribution in [3.8, 4) is 0 Å². The summed E-state index contributed by atoms with van der Waals surface area (Å²) in [6, 6.07) is -1.03. The number of carbonyl (C=O) groups is 2. The van der Waals surface area contributed by atoms with Gasteiger partial charge in [0, 0.05) is 13.7 Å². The lowest BCUT2D eigenvalue weighted by Crippen LogP contribution is -2.48. The van der Waals surface area contributed by atoms with Crippen LogP contribution in [0, 0.1) is 5.92 Å². The lowest BCUT2D eigenvalue weighted by atomic mass is 9.99. The molecular weight excluding hydrogens is 300 g/mol. The highest BCUT2D eigenvalue weighted by molar-refractivity contribution is 7.89. The van der Waals surface area contributed by atoms with Crippen LogP contribution in [-0.2, 0) is 24.3 Å². The quantitative estimate of drug-likeness (QED) is 0.443. The Morgan fingerprint density at radius 2 is 1.95 bits per heavy atom. The maximum Gasteiger partial charge on any atom is 0.326 e. The van der Waals surface area contributed by atoms with Gasteiger partial charge in [0.05, 0.1) is 12.3 Å². The molecule has 0 heterocycles. The van der Waals surface area contributed by atoms with Crippen molar-refractivity contribution >= 4 is 21.9 Å². The molecule has 0 unspecified atom stereocenters. The molecule has 9 heteroatoms. The van der Waals surface area contributed by atoms with Crippen molar-refractivity contribution in [2.45, 2.75) is 32.7 Å². The molecule has 0 aromatic heterocycles. The van der Waals surface area contributed by atoms with Crippen LogP contribution in [0.5, 0.6) is 0 Å². The minimum Gasteiger partial charge on any atom is -0.480 e. The van der Waals surface area contributed by atoms with Gasteiger partial charge in [-0.05, 0) is 12.3 Å². The van der Waals surface area contributed by atoms with Crippen LogP contribution in [0.2, 0.25) is 0 Å². The fraction of sp³-hybridized carbons (Fsp3) is 0.833. The van der Waals surface area contributed by atoms with Gasteiger partial charge < -0.3 is 15.2 Å². The zero-order chi connectivity index (χ0) is 16.5. The zero-order valence-corrected chi connectivity index (χ0v) is 13.4. The van der Waals surface area contributed by atoms with E-state index < -0.39 is 34.5 Å². The fourth-order valence-corrected chi connectivity index (χ4v) is 2.54. The number of carboxylic acid groups (broad SMARTS) is 1. The lowest BCUT2D eigenvalue weighted by Gasteiger charge is -2.20. The number of hydrogen-bond donors (Lipinski definition) is 3. The Kier molecular flexibility index (Phi) is 9.14. The van der Waals surface area contributed by atoms with E-state index in [1.165, 1.54) is 7.11 Å². The van der Waals surface area contributed by atoms with Crippen LogP contribution < -0.4 is 10.0 Å². The Hall–Kier alpha value is -1.19. The average molecular weight is 324 g/mol.